The Morgan fingerprint density at radius 1 is 1.32 bits per heavy atom. The molecule has 0 saturated carbocycles. The maximum absolute atomic E-state index is 12.2. The average Bonchev–Trinajstić information content (AvgIpc) is 2.97. The van der Waals surface area contributed by atoms with Crippen molar-refractivity contribution in [2.24, 2.45) is 0 Å². The van der Waals surface area contributed by atoms with Gasteiger partial charge >= 0.3 is 0 Å². The first-order valence-corrected chi connectivity index (χ1v) is 7.33. The number of likely N-dealkylation sites (N-methyl/N-ethyl adjacent to an activating group) is 1. The molecule has 2 aromatic rings. The van der Waals surface area contributed by atoms with Crippen LogP contribution < -0.4 is 5.32 Å². The molecule has 0 fully saturated rings. The Labute approximate surface area is 129 Å². The van der Waals surface area contributed by atoms with E-state index in [1.54, 1.807) is 18.0 Å². The Balaban J connectivity index is 1.67. The van der Waals surface area contributed by atoms with Crippen molar-refractivity contribution in [2.45, 2.75) is 19.5 Å². The van der Waals surface area contributed by atoms with E-state index in [9.17, 15) is 9.59 Å². The molecule has 0 saturated heterocycles. The lowest BCUT2D eigenvalue weighted by atomic mass is 10.1. The largest absolute Gasteiger partial charge is 0.350 e. The molecule has 22 heavy (non-hydrogen) atoms. The van der Waals surface area contributed by atoms with Crippen molar-refractivity contribution in [1.29, 1.82) is 0 Å². The smallest absolute Gasteiger partial charge is 0.270 e. The molecule has 0 bridgehead atoms. The van der Waals surface area contributed by atoms with E-state index in [0.29, 0.717) is 24.3 Å². The van der Waals surface area contributed by atoms with E-state index in [0.717, 1.165) is 5.56 Å². The third-order valence-corrected chi connectivity index (χ3v) is 4.10. The van der Waals surface area contributed by atoms with Gasteiger partial charge in [-0.3, -0.25) is 9.59 Å². The van der Waals surface area contributed by atoms with Crippen molar-refractivity contribution in [2.75, 3.05) is 13.6 Å². The normalized spacial score (nSPS) is 17.3. The van der Waals surface area contributed by atoms with Gasteiger partial charge in [0, 0.05) is 31.9 Å². The zero-order valence-electron chi connectivity index (χ0n) is 12.7. The molecule has 5 nitrogen and oxygen atoms in total. The summed E-state index contributed by atoms with van der Waals surface area (Å²) in [7, 11) is 1.78. The Morgan fingerprint density at radius 2 is 2.14 bits per heavy atom. The second-order valence-corrected chi connectivity index (χ2v) is 5.70. The summed E-state index contributed by atoms with van der Waals surface area (Å²) in [6.45, 7) is 3.09. The number of benzene rings is 1. The fraction of sp³-hybridized carbons (Fsp3) is 0.294. The lowest BCUT2D eigenvalue weighted by molar-refractivity contribution is 0.0645. The molecule has 114 valence electrons. The third-order valence-electron chi connectivity index (χ3n) is 4.10. The van der Waals surface area contributed by atoms with Gasteiger partial charge in [0.25, 0.3) is 11.8 Å². The molecule has 1 N–H and O–H groups in total. The SMILES string of the molecule is Cc1cccc(C(=O)NCC2Cn3cccc3C(=O)N2C)c1. The molecular weight excluding hydrogens is 278 g/mol. The highest BCUT2D eigenvalue weighted by molar-refractivity contribution is 5.95. The van der Waals surface area contributed by atoms with Crippen LogP contribution in [0.3, 0.4) is 0 Å². The number of fused-ring (bicyclic) bond motifs is 1. The summed E-state index contributed by atoms with van der Waals surface area (Å²) in [6, 6.07) is 11.1. The molecule has 5 heteroatoms. The van der Waals surface area contributed by atoms with Crippen LogP contribution in [0.4, 0.5) is 0 Å². The van der Waals surface area contributed by atoms with E-state index in [1.165, 1.54) is 0 Å². The van der Waals surface area contributed by atoms with Crippen molar-refractivity contribution < 1.29 is 9.59 Å². The topological polar surface area (TPSA) is 54.3 Å². The highest BCUT2D eigenvalue weighted by atomic mass is 16.2. The number of nitrogens with zero attached hydrogens (tertiary/aromatic N) is 2. The molecule has 1 aliphatic heterocycles. The number of amides is 2. The molecule has 2 amide bonds. The second kappa shape index (κ2) is 5.67. The van der Waals surface area contributed by atoms with E-state index in [-0.39, 0.29) is 17.9 Å². The molecule has 0 aliphatic carbocycles. The summed E-state index contributed by atoms with van der Waals surface area (Å²) in [5.41, 5.74) is 2.39. The van der Waals surface area contributed by atoms with Crippen molar-refractivity contribution in [3.8, 4) is 0 Å². The van der Waals surface area contributed by atoms with Crippen LogP contribution in [0.5, 0.6) is 0 Å². The molecule has 1 unspecified atom stereocenters. The predicted octanol–water partition coefficient (Wildman–Crippen LogP) is 1.68. The van der Waals surface area contributed by atoms with Gasteiger partial charge in [-0.25, -0.2) is 0 Å². The number of rotatable bonds is 3. The van der Waals surface area contributed by atoms with Gasteiger partial charge in [-0.05, 0) is 31.2 Å². The number of aryl methyl sites for hydroxylation is 1. The minimum absolute atomic E-state index is 0.00828. The van der Waals surface area contributed by atoms with Crippen LogP contribution in [0.15, 0.2) is 42.6 Å². The summed E-state index contributed by atoms with van der Waals surface area (Å²) in [5, 5.41) is 2.92. The van der Waals surface area contributed by atoms with Crippen LogP contribution in [0.2, 0.25) is 0 Å². The second-order valence-electron chi connectivity index (χ2n) is 5.70. The molecule has 1 aromatic heterocycles. The maximum atomic E-state index is 12.2. The predicted molar refractivity (Wildman–Crippen MR) is 83.8 cm³/mol. The molecule has 1 aliphatic rings. The number of carbonyl (C=O) groups is 2. The number of carbonyl (C=O) groups excluding carboxylic acids is 2. The first-order valence-electron chi connectivity index (χ1n) is 7.33. The first kappa shape index (κ1) is 14.4. The van der Waals surface area contributed by atoms with Crippen LogP contribution >= 0.6 is 0 Å². The standard InChI is InChI=1S/C17H19N3O2/c1-12-5-3-6-13(9-12)16(21)18-10-14-11-20-8-4-7-15(20)17(22)19(14)2/h3-9,14H,10-11H2,1-2H3,(H,18,21). The minimum Gasteiger partial charge on any atom is -0.350 e. The molecule has 1 atom stereocenters. The fourth-order valence-corrected chi connectivity index (χ4v) is 2.76. The van der Waals surface area contributed by atoms with Gasteiger partial charge in [-0.2, -0.15) is 0 Å². The van der Waals surface area contributed by atoms with E-state index in [4.69, 9.17) is 0 Å². The van der Waals surface area contributed by atoms with Gasteiger partial charge in [0.05, 0.1) is 6.04 Å². The Morgan fingerprint density at radius 3 is 2.91 bits per heavy atom. The van der Waals surface area contributed by atoms with Crippen molar-refractivity contribution >= 4 is 11.8 Å². The minimum atomic E-state index is -0.108. The van der Waals surface area contributed by atoms with Crippen LogP contribution in [-0.4, -0.2) is 40.9 Å². The Kier molecular flexibility index (Phi) is 3.71. The van der Waals surface area contributed by atoms with Crippen LogP contribution in [-0.2, 0) is 6.54 Å². The maximum Gasteiger partial charge on any atom is 0.270 e. The zero-order valence-corrected chi connectivity index (χ0v) is 12.7. The summed E-state index contributed by atoms with van der Waals surface area (Å²) < 4.78 is 1.94. The molecular formula is C17H19N3O2. The van der Waals surface area contributed by atoms with E-state index in [1.807, 2.05) is 48.0 Å². The van der Waals surface area contributed by atoms with E-state index < -0.39 is 0 Å². The Hall–Kier alpha value is -2.56. The number of aromatic nitrogens is 1. The Bertz CT molecular complexity index is 720. The molecule has 0 spiro atoms. The van der Waals surface area contributed by atoms with Gasteiger partial charge < -0.3 is 14.8 Å². The number of nitrogens with one attached hydrogen (secondary N) is 1. The van der Waals surface area contributed by atoms with Crippen LogP contribution in [0.25, 0.3) is 0 Å². The fourth-order valence-electron chi connectivity index (χ4n) is 2.76. The monoisotopic (exact) mass is 297 g/mol. The number of hydrogen-bond acceptors (Lipinski definition) is 2. The summed E-state index contributed by atoms with van der Waals surface area (Å²) >= 11 is 0. The van der Waals surface area contributed by atoms with Crippen molar-refractivity contribution in [3.05, 3.63) is 59.4 Å². The average molecular weight is 297 g/mol. The van der Waals surface area contributed by atoms with Gasteiger partial charge in [0.2, 0.25) is 0 Å². The molecule has 1 aromatic carbocycles. The molecule has 3 rings (SSSR count). The van der Waals surface area contributed by atoms with Gasteiger partial charge in [0.1, 0.15) is 5.69 Å². The molecule has 0 radical (unpaired) electrons. The quantitative estimate of drug-likeness (QED) is 0.937. The summed E-state index contributed by atoms with van der Waals surface area (Å²) in [4.78, 5) is 26.1. The highest BCUT2D eigenvalue weighted by Gasteiger charge is 2.29. The number of hydrogen-bond donors (Lipinski definition) is 1. The van der Waals surface area contributed by atoms with E-state index >= 15 is 0 Å². The van der Waals surface area contributed by atoms with Crippen LogP contribution in [0.1, 0.15) is 26.4 Å². The zero-order chi connectivity index (χ0) is 15.7. The summed E-state index contributed by atoms with van der Waals surface area (Å²) in [6.07, 6.45) is 1.90. The van der Waals surface area contributed by atoms with Gasteiger partial charge in [-0.15, -0.1) is 0 Å². The lowest BCUT2D eigenvalue weighted by Crippen LogP contribution is -2.50. The van der Waals surface area contributed by atoms with Gasteiger partial charge in [-0.1, -0.05) is 17.7 Å². The first-order chi connectivity index (χ1) is 10.6. The van der Waals surface area contributed by atoms with Crippen LogP contribution in [0, 0.1) is 6.92 Å². The summed E-state index contributed by atoms with van der Waals surface area (Å²) in [5.74, 6) is -0.117. The molecule has 2 heterocycles. The van der Waals surface area contributed by atoms with Gasteiger partial charge in [0.15, 0.2) is 0 Å². The lowest BCUT2D eigenvalue weighted by Gasteiger charge is -2.33. The highest BCUT2D eigenvalue weighted by Crippen LogP contribution is 2.16. The van der Waals surface area contributed by atoms with Crippen molar-refractivity contribution in [3.63, 3.8) is 0 Å². The van der Waals surface area contributed by atoms with E-state index in [2.05, 4.69) is 5.32 Å². The third kappa shape index (κ3) is 2.62. The van der Waals surface area contributed by atoms with Crippen molar-refractivity contribution in [1.82, 2.24) is 14.8 Å².